The van der Waals surface area contributed by atoms with Gasteiger partial charge in [-0.05, 0) is 45.7 Å². The lowest BCUT2D eigenvalue weighted by Crippen LogP contribution is -2.36. The summed E-state index contributed by atoms with van der Waals surface area (Å²) in [5.41, 5.74) is 0. The molecule has 2 aliphatic rings. The van der Waals surface area contributed by atoms with E-state index in [1.807, 2.05) is 6.92 Å². The molecule has 106 valence electrons. The van der Waals surface area contributed by atoms with Crippen molar-refractivity contribution < 1.29 is 4.42 Å². The molecule has 0 radical (unpaired) electrons. The first-order chi connectivity index (χ1) is 9.20. The fourth-order valence-electron chi connectivity index (χ4n) is 3.20. The van der Waals surface area contributed by atoms with E-state index >= 15 is 0 Å². The first-order valence-corrected chi connectivity index (χ1v) is 7.54. The Balaban J connectivity index is 1.46. The first kappa shape index (κ1) is 13.1. The predicted molar refractivity (Wildman–Crippen MR) is 74.9 cm³/mol. The Morgan fingerprint density at radius 2 is 2.26 bits per heavy atom. The van der Waals surface area contributed by atoms with Crippen molar-refractivity contribution in [2.45, 2.75) is 45.2 Å². The van der Waals surface area contributed by atoms with Crippen LogP contribution < -0.4 is 0 Å². The monoisotopic (exact) mass is 263 g/mol. The zero-order valence-electron chi connectivity index (χ0n) is 12.1. The maximum absolute atomic E-state index is 5.57. The summed E-state index contributed by atoms with van der Waals surface area (Å²) in [5.74, 6) is 2.73. The molecule has 19 heavy (non-hydrogen) atoms. The van der Waals surface area contributed by atoms with E-state index in [1.54, 1.807) is 6.20 Å². The Bertz CT molecular complexity index is 413. The van der Waals surface area contributed by atoms with Gasteiger partial charge in [0, 0.05) is 19.1 Å². The molecule has 0 aromatic carbocycles. The number of rotatable bonds is 5. The van der Waals surface area contributed by atoms with Crippen LogP contribution in [0.1, 0.15) is 37.3 Å². The highest BCUT2D eigenvalue weighted by molar-refractivity contribution is 4.92. The van der Waals surface area contributed by atoms with Crippen molar-refractivity contribution in [2.75, 3.05) is 26.7 Å². The van der Waals surface area contributed by atoms with Crippen molar-refractivity contribution in [1.29, 1.82) is 0 Å². The van der Waals surface area contributed by atoms with Gasteiger partial charge in [0.05, 0.1) is 12.7 Å². The highest BCUT2D eigenvalue weighted by Gasteiger charge is 2.29. The van der Waals surface area contributed by atoms with Gasteiger partial charge < -0.3 is 9.32 Å². The summed E-state index contributed by atoms with van der Waals surface area (Å²) >= 11 is 0. The summed E-state index contributed by atoms with van der Waals surface area (Å²) in [7, 11) is 2.19. The third-order valence-electron chi connectivity index (χ3n) is 4.67. The van der Waals surface area contributed by atoms with Crippen LogP contribution in [0.25, 0.3) is 0 Å². The Morgan fingerprint density at radius 3 is 2.89 bits per heavy atom. The largest absolute Gasteiger partial charge is 0.445 e. The van der Waals surface area contributed by atoms with Gasteiger partial charge in [0.25, 0.3) is 0 Å². The van der Waals surface area contributed by atoms with E-state index in [0.717, 1.165) is 24.1 Å². The summed E-state index contributed by atoms with van der Waals surface area (Å²) in [5, 5.41) is 0. The molecule has 1 aromatic heterocycles. The Labute approximate surface area is 115 Å². The van der Waals surface area contributed by atoms with Crippen molar-refractivity contribution in [3.05, 3.63) is 17.8 Å². The second kappa shape index (κ2) is 5.63. The van der Waals surface area contributed by atoms with E-state index in [2.05, 4.69) is 21.8 Å². The van der Waals surface area contributed by atoms with Gasteiger partial charge in [-0.1, -0.05) is 6.42 Å². The topological polar surface area (TPSA) is 32.5 Å². The van der Waals surface area contributed by atoms with Crippen LogP contribution in [0, 0.1) is 12.8 Å². The first-order valence-electron chi connectivity index (χ1n) is 7.54. The molecule has 2 heterocycles. The minimum Gasteiger partial charge on any atom is -0.445 e. The van der Waals surface area contributed by atoms with Crippen LogP contribution in [0.2, 0.25) is 0 Å². The van der Waals surface area contributed by atoms with E-state index in [9.17, 15) is 0 Å². The molecular formula is C15H25N3O. The maximum Gasteiger partial charge on any atom is 0.208 e. The molecule has 1 saturated heterocycles. The van der Waals surface area contributed by atoms with Gasteiger partial charge in [-0.3, -0.25) is 4.90 Å². The van der Waals surface area contributed by atoms with Gasteiger partial charge in [0.2, 0.25) is 5.89 Å². The van der Waals surface area contributed by atoms with E-state index in [1.165, 1.54) is 45.3 Å². The summed E-state index contributed by atoms with van der Waals surface area (Å²) < 4.78 is 5.57. The molecule has 1 saturated carbocycles. The van der Waals surface area contributed by atoms with Crippen molar-refractivity contribution in [1.82, 2.24) is 14.8 Å². The average Bonchev–Trinajstić information content (AvgIpc) is 2.93. The molecule has 1 unspecified atom stereocenters. The zero-order valence-corrected chi connectivity index (χ0v) is 12.1. The number of hydrogen-bond acceptors (Lipinski definition) is 4. The molecule has 1 atom stereocenters. The van der Waals surface area contributed by atoms with Gasteiger partial charge in [0.1, 0.15) is 5.76 Å². The van der Waals surface area contributed by atoms with E-state index < -0.39 is 0 Å². The molecular weight excluding hydrogens is 238 g/mol. The van der Waals surface area contributed by atoms with Crippen molar-refractivity contribution >= 4 is 0 Å². The number of aromatic nitrogens is 1. The summed E-state index contributed by atoms with van der Waals surface area (Å²) in [6.45, 7) is 6.58. The molecule has 0 N–H and O–H groups in total. The van der Waals surface area contributed by atoms with Gasteiger partial charge in [0.15, 0.2) is 0 Å². The normalized spacial score (nSPS) is 25.1. The van der Waals surface area contributed by atoms with Crippen LogP contribution in [0.15, 0.2) is 10.6 Å². The highest BCUT2D eigenvalue weighted by atomic mass is 16.4. The average molecular weight is 263 g/mol. The number of likely N-dealkylation sites (tertiary alicyclic amines) is 1. The fourth-order valence-corrected chi connectivity index (χ4v) is 3.20. The Hall–Kier alpha value is -0.870. The summed E-state index contributed by atoms with van der Waals surface area (Å²) in [6, 6.07) is 0.660. The standard InChI is InChI=1S/C15H25N3O/c1-12-8-16-15(19-12)11-17(2)14-6-7-18(10-14)9-13-4-3-5-13/h8,13-14H,3-7,9-11H2,1-2H3. The SMILES string of the molecule is Cc1cnc(CN(C)C2CCN(CC3CCC3)C2)o1. The lowest BCUT2D eigenvalue weighted by molar-refractivity contribution is 0.176. The fraction of sp³-hybridized carbons (Fsp3) is 0.800. The zero-order chi connectivity index (χ0) is 13.2. The number of nitrogens with zero attached hydrogens (tertiary/aromatic N) is 3. The molecule has 1 aromatic rings. The molecule has 4 heteroatoms. The van der Waals surface area contributed by atoms with Gasteiger partial charge in [-0.2, -0.15) is 0 Å². The number of likely N-dealkylation sites (N-methyl/N-ethyl adjacent to an activating group) is 1. The molecule has 0 bridgehead atoms. The predicted octanol–water partition coefficient (Wildman–Crippen LogP) is 2.29. The smallest absolute Gasteiger partial charge is 0.208 e. The van der Waals surface area contributed by atoms with Crippen LogP contribution in [0.4, 0.5) is 0 Å². The quantitative estimate of drug-likeness (QED) is 0.816. The molecule has 1 aliphatic heterocycles. The minimum absolute atomic E-state index is 0.660. The third kappa shape index (κ3) is 3.18. The van der Waals surface area contributed by atoms with Crippen LogP contribution in [0.5, 0.6) is 0 Å². The van der Waals surface area contributed by atoms with Crippen molar-refractivity contribution in [3.8, 4) is 0 Å². The second-order valence-corrected chi connectivity index (χ2v) is 6.28. The summed E-state index contributed by atoms with van der Waals surface area (Å²) in [4.78, 5) is 9.33. The Kier molecular flexibility index (Phi) is 3.89. The van der Waals surface area contributed by atoms with E-state index in [4.69, 9.17) is 4.42 Å². The third-order valence-corrected chi connectivity index (χ3v) is 4.67. The van der Waals surface area contributed by atoms with Gasteiger partial charge in [-0.25, -0.2) is 4.98 Å². The molecule has 4 nitrogen and oxygen atoms in total. The molecule has 2 fully saturated rings. The Morgan fingerprint density at radius 1 is 1.42 bits per heavy atom. The van der Waals surface area contributed by atoms with Crippen LogP contribution >= 0.6 is 0 Å². The second-order valence-electron chi connectivity index (χ2n) is 6.28. The van der Waals surface area contributed by atoms with Crippen molar-refractivity contribution in [3.63, 3.8) is 0 Å². The lowest BCUT2D eigenvalue weighted by Gasteiger charge is -2.30. The molecule has 1 aliphatic carbocycles. The van der Waals surface area contributed by atoms with E-state index in [-0.39, 0.29) is 0 Å². The van der Waals surface area contributed by atoms with Crippen molar-refractivity contribution in [2.24, 2.45) is 5.92 Å². The number of oxazole rings is 1. The molecule has 0 spiro atoms. The minimum atomic E-state index is 0.660. The molecule has 3 rings (SSSR count). The highest BCUT2D eigenvalue weighted by Crippen LogP contribution is 2.28. The number of aryl methyl sites for hydroxylation is 1. The van der Waals surface area contributed by atoms with Crippen LogP contribution in [-0.2, 0) is 6.54 Å². The van der Waals surface area contributed by atoms with Crippen LogP contribution in [-0.4, -0.2) is 47.5 Å². The van der Waals surface area contributed by atoms with Gasteiger partial charge >= 0.3 is 0 Å². The van der Waals surface area contributed by atoms with E-state index in [0.29, 0.717) is 6.04 Å². The molecule has 0 amide bonds. The van der Waals surface area contributed by atoms with Gasteiger partial charge in [-0.15, -0.1) is 0 Å². The summed E-state index contributed by atoms with van der Waals surface area (Å²) in [6.07, 6.45) is 7.44. The number of hydrogen-bond donors (Lipinski definition) is 0. The lowest BCUT2D eigenvalue weighted by atomic mass is 9.85. The maximum atomic E-state index is 5.57. The van der Waals surface area contributed by atoms with Crippen LogP contribution in [0.3, 0.4) is 0 Å².